The molecule has 0 aliphatic rings. The molecule has 1 N–H and O–H groups in total. The summed E-state index contributed by atoms with van der Waals surface area (Å²) in [5.41, 5.74) is -0.283. The van der Waals surface area contributed by atoms with Crippen LogP contribution in [0.25, 0.3) is 0 Å². The van der Waals surface area contributed by atoms with Crippen molar-refractivity contribution in [2.45, 2.75) is 11.1 Å². The summed E-state index contributed by atoms with van der Waals surface area (Å²) in [5, 5.41) is 1.61. The SMILES string of the molecule is COc1ccc(C(=O)NCC(F)(F)F)cc1S(=O)(=O)Cl. The van der Waals surface area contributed by atoms with Gasteiger partial charge in [-0.3, -0.25) is 4.79 Å². The van der Waals surface area contributed by atoms with Gasteiger partial charge in [0.25, 0.3) is 15.0 Å². The van der Waals surface area contributed by atoms with Gasteiger partial charge in [-0.05, 0) is 18.2 Å². The zero-order valence-corrected chi connectivity index (χ0v) is 11.6. The molecule has 0 heterocycles. The smallest absolute Gasteiger partial charge is 0.405 e. The van der Waals surface area contributed by atoms with Crippen molar-refractivity contribution in [3.05, 3.63) is 23.8 Å². The molecule has 112 valence electrons. The fourth-order valence-electron chi connectivity index (χ4n) is 1.29. The quantitative estimate of drug-likeness (QED) is 0.855. The summed E-state index contributed by atoms with van der Waals surface area (Å²) in [6.07, 6.45) is -4.57. The molecular weight excluding hydrogens is 323 g/mol. The summed E-state index contributed by atoms with van der Waals surface area (Å²) in [4.78, 5) is 11.0. The number of alkyl halides is 3. The number of nitrogens with one attached hydrogen (secondary N) is 1. The van der Waals surface area contributed by atoms with Crippen LogP contribution in [0.5, 0.6) is 5.75 Å². The third-order valence-corrected chi connectivity index (χ3v) is 3.48. The molecule has 0 aliphatic carbocycles. The molecule has 1 aromatic rings. The zero-order chi connectivity index (χ0) is 15.6. The Bertz CT molecular complexity index is 615. The third-order valence-electron chi connectivity index (χ3n) is 2.14. The highest BCUT2D eigenvalue weighted by Gasteiger charge is 2.28. The van der Waals surface area contributed by atoms with Crippen LogP contribution in [0.2, 0.25) is 0 Å². The van der Waals surface area contributed by atoms with E-state index < -0.39 is 32.6 Å². The predicted octanol–water partition coefficient (Wildman–Crippen LogP) is 1.91. The molecule has 0 saturated carbocycles. The summed E-state index contributed by atoms with van der Waals surface area (Å²) in [5.74, 6) is -1.20. The summed E-state index contributed by atoms with van der Waals surface area (Å²) < 4.78 is 63.2. The summed E-state index contributed by atoms with van der Waals surface area (Å²) in [6.45, 7) is -1.53. The van der Waals surface area contributed by atoms with Crippen molar-refractivity contribution in [2.24, 2.45) is 0 Å². The molecule has 0 saturated heterocycles. The van der Waals surface area contributed by atoms with E-state index in [-0.39, 0.29) is 11.3 Å². The van der Waals surface area contributed by atoms with Crippen molar-refractivity contribution < 1.29 is 31.1 Å². The van der Waals surface area contributed by atoms with Gasteiger partial charge in [-0.15, -0.1) is 0 Å². The number of hydrogen-bond donors (Lipinski definition) is 1. The minimum Gasteiger partial charge on any atom is -0.495 e. The first kappa shape index (κ1) is 16.6. The Morgan fingerprint density at radius 2 is 2.00 bits per heavy atom. The number of methoxy groups -OCH3 is 1. The van der Waals surface area contributed by atoms with Gasteiger partial charge in [0.2, 0.25) is 0 Å². The molecule has 10 heteroatoms. The fourth-order valence-corrected chi connectivity index (χ4v) is 2.31. The van der Waals surface area contributed by atoms with Crippen molar-refractivity contribution in [1.82, 2.24) is 5.32 Å². The van der Waals surface area contributed by atoms with Gasteiger partial charge in [0, 0.05) is 16.2 Å². The van der Waals surface area contributed by atoms with Gasteiger partial charge in [0.1, 0.15) is 17.2 Å². The summed E-state index contributed by atoms with van der Waals surface area (Å²) in [6, 6.07) is 3.08. The van der Waals surface area contributed by atoms with Gasteiger partial charge >= 0.3 is 6.18 Å². The van der Waals surface area contributed by atoms with E-state index in [1.807, 2.05) is 0 Å². The van der Waals surface area contributed by atoms with Crippen LogP contribution in [0.3, 0.4) is 0 Å². The highest BCUT2D eigenvalue weighted by molar-refractivity contribution is 8.13. The number of amides is 1. The molecule has 1 aromatic carbocycles. The lowest BCUT2D eigenvalue weighted by molar-refractivity contribution is -0.123. The first-order chi connectivity index (χ1) is 9.04. The Morgan fingerprint density at radius 1 is 1.40 bits per heavy atom. The van der Waals surface area contributed by atoms with Crippen molar-refractivity contribution >= 4 is 25.6 Å². The standard InChI is InChI=1S/C10H9ClF3NO4S/c1-19-7-3-2-6(4-8(7)20(11,17)18)9(16)15-5-10(12,13)14/h2-4H,5H2,1H3,(H,15,16). The molecule has 0 bridgehead atoms. The maximum atomic E-state index is 12.0. The molecule has 0 unspecified atom stereocenters. The van der Waals surface area contributed by atoms with Crippen molar-refractivity contribution in [2.75, 3.05) is 13.7 Å². The molecule has 0 aromatic heterocycles. The van der Waals surface area contributed by atoms with Crippen LogP contribution in [-0.2, 0) is 9.05 Å². The van der Waals surface area contributed by atoms with E-state index in [2.05, 4.69) is 0 Å². The van der Waals surface area contributed by atoms with Crippen LogP contribution in [0.1, 0.15) is 10.4 Å². The van der Waals surface area contributed by atoms with Crippen LogP contribution in [0.15, 0.2) is 23.1 Å². The number of hydrogen-bond acceptors (Lipinski definition) is 4. The van der Waals surface area contributed by atoms with E-state index in [1.54, 1.807) is 5.32 Å². The fraction of sp³-hybridized carbons (Fsp3) is 0.300. The van der Waals surface area contributed by atoms with E-state index in [1.165, 1.54) is 7.11 Å². The lowest BCUT2D eigenvalue weighted by Gasteiger charge is -2.10. The summed E-state index contributed by atoms with van der Waals surface area (Å²) in [7, 11) is 2.13. The number of benzene rings is 1. The largest absolute Gasteiger partial charge is 0.495 e. The second-order valence-corrected chi connectivity index (χ2v) is 6.14. The lowest BCUT2D eigenvalue weighted by Crippen LogP contribution is -2.33. The van der Waals surface area contributed by atoms with Gasteiger partial charge in [0.15, 0.2) is 0 Å². The molecule has 0 spiro atoms. The Balaban J connectivity index is 3.07. The molecule has 1 amide bonds. The maximum Gasteiger partial charge on any atom is 0.405 e. The third kappa shape index (κ3) is 4.57. The molecule has 0 atom stereocenters. The van der Waals surface area contributed by atoms with Crippen LogP contribution < -0.4 is 10.1 Å². The van der Waals surface area contributed by atoms with Gasteiger partial charge in [-0.25, -0.2) is 8.42 Å². The Hall–Kier alpha value is -1.48. The van der Waals surface area contributed by atoms with Gasteiger partial charge in [-0.1, -0.05) is 0 Å². The van der Waals surface area contributed by atoms with Crippen molar-refractivity contribution in [3.63, 3.8) is 0 Å². The van der Waals surface area contributed by atoms with E-state index in [0.29, 0.717) is 0 Å². The Morgan fingerprint density at radius 3 is 2.45 bits per heavy atom. The van der Waals surface area contributed by atoms with Crippen LogP contribution in [-0.4, -0.2) is 34.2 Å². The molecular formula is C10H9ClF3NO4S. The number of carbonyl (C=O) groups excluding carboxylic acids is 1. The Labute approximate surface area is 117 Å². The average molecular weight is 332 g/mol. The monoisotopic (exact) mass is 331 g/mol. The second-order valence-electron chi connectivity index (χ2n) is 3.60. The topological polar surface area (TPSA) is 72.5 Å². The normalized spacial score (nSPS) is 12.1. The van der Waals surface area contributed by atoms with Crippen molar-refractivity contribution in [3.8, 4) is 5.75 Å². The number of rotatable bonds is 4. The first-order valence-corrected chi connectivity index (χ1v) is 7.33. The van der Waals surface area contributed by atoms with E-state index in [9.17, 15) is 26.4 Å². The second kappa shape index (κ2) is 5.88. The zero-order valence-electron chi connectivity index (χ0n) is 9.99. The van der Waals surface area contributed by atoms with Crippen LogP contribution >= 0.6 is 10.7 Å². The molecule has 1 rings (SSSR count). The predicted molar refractivity (Wildman–Crippen MR) is 64.4 cm³/mol. The lowest BCUT2D eigenvalue weighted by atomic mass is 10.2. The van der Waals surface area contributed by atoms with Crippen LogP contribution in [0.4, 0.5) is 13.2 Å². The minimum absolute atomic E-state index is 0.118. The van der Waals surface area contributed by atoms with E-state index in [0.717, 1.165) is 18.2 Å². The molecule has 0 aliphatic heterocycles. The van der Waals surface area contributed by atoms with E-state index in [4.69, 9.17) is 15.4 Å². The van der Waals surface area contributed by atoms with Crippen LogP contribution in [0, 0.1) is 0 Å². The van der Waals surface area contributed by atoms with Gasteiger partial charge in [-0.2, -0.15) is 13.2 Å². The number of carbonyl (C=O) groups is 1. The number of halogens is 4. The minimum atomic E-state index is -4.57. The molecule has 20 heavy (non-hydrogen) atoms. The summed E-state index contributed by atoms with van der Waals surface area (Å²) >= 11 is 0. The molecule has 0 fully saturated rings. The van der Waals surface area contributed by atoms with Gasteiger partial charge in [0.05, 0.1) is 7.11 Å². The van der Waals surface area contributed by atoms with Crippen molar-refractivity contribution in [1.29, 1.82) is 0 Å². The van der Waals surface area contributed by atoms with Gasteiger partial charge < -0.3 is 10.1 Å². The first-order valence-electron chi connectivity index (χ1n) is 5.02. The molecule has 5 nitrogen and oxygen atoms in total. The highest BCUT2D eigenvalue weighted by atomic mass is 35.7. The Kier molecular flexibility index (Phi) is 4.87. The van der Waals surface area contributed by atoms with E-state index >= 15 is 0 Å². The highest BCUT2D eigenvalue weighted by Crippen LogP contribution is 2.27. The maximum absolute atomic E-state index is 12.0. The molecule has 0 radical (unpaired) electrons. The average Bonchev–Trinajstić information content (AvgIpc) is 2.33. The number of ether oxygens (including phenoxy) is 1.